The molecule has 2 aromatic heterocycles. The fourth-order valence-electron chi connectivity index (χ4n) is 4.91. The topological polar surface area (TPSA) is 96.7 Å². The Kier molecular flexibility index (Phi) is 5.75. The maximum absolute atomic E-state index is 11.9. The average molecular weight is 415 g/mol. The summed E-state index contributed by atoms with van der Waals surface area (Å²) in [7, 11) is 6.94. The van der Waals surface area contributed by atoms with Gasteiger partial charge < -0.3 is 19.5 Å². The molecule has 0 radical (unpaired) electrons. The molecule has 1 aliphatic carbocycles. The van der Waals surface area contributed by atoms with Gasteiger partial charge in [-0.25, -0.2) is 15.0 Å². The first-order valence-corrected chi connectivity index (χ1v) is 10.3. The van der Waals surface area contributed by atoms with Crippen LogP contribution < -0.4 is 14.4 Å². The summed E-state index contributed by atoms with van der Waals surface area (Å²) in [6, 6.07) is 0.239. The maximum Gasteiger partial charge on any atom is 0.319 e. The molecule has 0 unspecified atom stereocenters. The fourth-order valence-corrected chi connectivity index (χ4v) is 4.91. The molecule has 30 heavy (non-hydrogen) atoms. The van der Waals surface area contributed by atoms with Crippen LogP contribution in [0.25, 0.3) is 0 Å². The summed E-state index contributed by atoms with van der Waals surface area (Å²) in [5.41, 5.74) is 0.741. The summed E-state index contributed by atoms with van der Waals surface area (Å²) in [5, 5.41) is 11.9. The number of anilines is 1. The van der Waals surface area contributed by atoms with Crippen molar-refractivity contribution in [1.82, 2.24) is 24.8 Å². The van der Waals surface area contributed by atoms with Crippen molar-refractivity contribution in [2.24, 2.45) is 11.8 Å². The second-order valence-electron chi connectivity index (χ2n) is 8.41. The largest absolute Gasteiger partial charge is 0.481 e. The number of aliphatic hydroxyl groups is 1. The highest BCUT2D eigenvalue weighted by atomic mass is 16.5. The summed E-state index contributed by atoms with van der Waals surface area (Å²) in [4.78, 5) is 21.7. The van der Waals surface area contributed by atoms with Crippen molar-refractivity contribution in [2.45, 2.75) is 31.4 Å². The van der Waals surface area contributed by atoms with Crippen LogP contribution in [0, 0.1) is 11.8 Å². The molecule has 2 atom stereocenters. The van der Waals surface area contributed by atoms with Crippen LogP contribution in [-0.2, 0) is 12.1 Å². The van der Waals surface area contributed by atoms with Crippen molar-refractivity contribution in [3.8, 4) is 11.9 Å². The molecule has 0 amide bonds. The monoisotopic (exact) mass is 414 g/mol. The lowest BCUT2D eigenvalue weighted by molar-refractivity contribution is -0.149. The van der Waals surface area contributed by atoms with E-state index >= 15 is 0 Å². The molecule has 1 saturated carbocycles. The number of hydrogen-bond donors (Lipinski definition) is 1. The predicted octanol–water partition coefficient (Wildman–Crippen LogP) is 1.47. The Morgan fingerprint density at radius 2 is 1.73 bits per heavy atom. The van der Waals surface area contributed by atoms with Gasteiger partial charge in [-0.15, -0.1) is 0 Å². The Morgan fingerprint density at radius 3 is 2.30 bits per heavy atom. The van der Waals surface area contributed by atoms with Crippen molar-refractivity contribution >= 4 is 5.95 Å². The molecule has 1 saturated heterocycles. The van der Waals surface area contributed by atoms with E-state index in [0.717, 1.165) is 44.5 Å². The number of aromatic nitrogens is 4. The van der Waals surface area contributed by atoms with Crippen molar-refractivity contribution in [3.05, 3.63) is 29.7 Å². The zero-order valence-corrected chi connectivity index (χ0v) is 18.1. The van der Waals surface area contributed by atoms with E-state index in [4.69, 9.17) is 9.47 Å². The van der Waals surface area contributed by atoms with Gasteiger partial charge in [-0.05, 0) is 12.8 Å². The Bertz CT molecular complexity index is 862. The van der Waals surface area contributed by atoms with Crippen molar-refractivity contribution < 1.29 is 14.6 Å². The molecule has 2 aromatic rings. The number of likely N-dealkylation sites (tertiary alicyclic amines) is 1. The third kappa shape index (κ3) is 3.67. The van der Waals surface area contributed by atoms with Gasteiger partial charge in [-0.3, -0.25) is 4.90 Å². The molecule has 1 N–H and O–H groups in total. The Balaban J connectivity index is 1.56. The van der Waals surface area contributed by atoms with Crippen molar-refractivity contribution in [1.29, 1.82) is 0 Å². The van der Waals surface area contributed by atoms with E-state index < -0.39 is 5.60 Å². The van der Waals surface area contributed by atoms with Crippen LogP contribution in [0.2, 0.25) is 0 Å². The SMILES string of the molecule is COc1ncc(C2(O)[C@@H]3CCC[C@@H]2CN(Cc2cnc(N(C)C)nc2)C3)c(OC)n1. The van der Waals surface area contributed by atoms with E-state index in [1.54, 1.807) is 13.3 Å². The normalized spacial score (nSPS) is 26.3. The molecule has 0 spiro atoms. The minimum Gasteiger partial charge on any atom is -0.481 e. The van der Waals surface area contributed by atoms with Gasteiger partial charge in [0, 0.05) is 69.7 Å². The molecule has 2 bridgehead atoms. The Hall–Kier alpha value is -2.52. The quantitative estimate of drug-likeness (QED) is 0.753. The fraction of sp³-hybridized carbons (Fsp3) is 0.619. The van der Waals surface area contributed by atoms with Crippen LogP contribution in [0.1, 0.15) is 30.4 Å². The molecule has 3 heterocycles. The van der Waals surface area contributed by atoms with E-state index in [1.807, 2.05) is 31.4 Å². The van der Waals surface area contributed by atoms with E-state index in [2.05, 4.69) is 24.8 Å². The lowest BCUT2D eigenvalue weighted by atomic mass is 9.63. The molecule has 2 aliphatic rings. The first-order chi connectivity index (χ1) is 14.5. The van der Waals surface area contributed by atoms with Crippen LogP contribution in [-0.4, -0.2) is 71.3 Å². The molecular weight excluding hydrogens is 384 g/mol. The van der Waals surface area contributed by atoms with E-state index in [1.165, 1.54) is 7.11 Å². The standard InChI is InChI=1S/C21H30N6O3/c1-26(2)19-22-8-14(9-23-19)11-27-12-15-6-5-7-16(13-27)21(15,28)17-10-24-20(30-4)25-18(17)29-3/h8-10,15-16,28H,5-7,11-13H2,1-4H3/t15-,16-/m1/s1. The van der Waals surface area contributed by atoms with Crippen LogP contribution >= 0.6 is 0 Å². The highest BCUT2D eigenvalue weighted by molar-refractivity contribution is 5.34. The minimum atomic E-state index is -1.00. The van der Waals surface area contributed by atoms with Gasteiger partial charge in [0.1, 0.15) is 5.60 Å². The van der Waals surface area contributed by atoms with Crippen LogP contribution in [0.5, 0.6) is 11.9 Å². The zero-order valence-electron chi connectivity index (χ0n) is 18.1. The highest BCUT2D eigenvalue weighted by Crippen LogP contribution is 2.51. The van der Waals surface area contributed by atoms with Crippen LogP contribution in [0.3, 0.4) is 0 Å². The number of methoxy groups -OCH3 is 2. The molecular formula is C21H30N6O3. The second kappa shape index (κ2) is 8.31. The Morgan fingerprint density at radius 1 is 1.07 bits per heavy atom. The van der Waals surface area contributed by atoms with E-state index in [-0.39, 0.29) is 17.8 Å². The number of ether oxygens (including phenoxy) is 2. The molecule has 9 nitrogen and oxygen atoms in total. The Labute approximate surface area is 177 Å². The van der Waals surface area contributed by atoms with Crippen molar-refractivity contribution in [2.75, 3.05) is 46.3 Å². The smallest absolute Gasteiger partial charge is 0.319 e. The summed E-state index contributed by atoms with van der Waals surface area (Å²) in [6.07, 6.45) is 8.47. The second-order valence-corrected chi connectivity index (χ2v) is 8.41. The van der Waals surface area contributed by atoms with Gasteiger partial charge >= 0.3 is 6.01 Å². The average Bonchev–Trinajstić information content (AvgIpc) is 2.74. The van der Waals surface area contributed by atoms with Crippen molar-refractivity contribution in [3.63, 3.8) is 0 Å². The number of hydrogen-bond acceptors (Lipinski definition) is 9. The molecule has 162 valence electrons. The lowest BCUT2D eigenvalue weighted by Gasteiger charge is -2.53. The molecule has 2 fully saturated rings. The molecule has 1 aliphatic heterocycles. The summed E-state index contributed by atoms with van der Waals surface area (Å²) >= 11 is 0. The predicted molar refractivity (Wildman–Crippen MR) is 111 cm³/mol. The first-order valence-electron chi connectivity index (χ1n) is 10.3. The summed E-state index contributed by atoms with van der Waals surface area (Å²) in [5.74, 6) is 1.26. The zero-order chi connectivity index (χ0) is 21.3. The number of piperidine rings is 1. The summed E-state index contributed by atoms with van der Waals surface area (Å²) in [6.45, 7) is 2.35. The third-order valence-electron chi connectivity index (χ3n) is 6.34. The van der Waals surface area contributed by atoms with Gasteiger partial charge in [0.2, 0.25) is 11.8 Å². The number of rotatable bonds is 6. The van der Waals surface area contributed by atoms with E-state index in [0.29, 0.717) is 17.4 Å². The van der Waals surface area contributed by atoms with E-state index in [9.17, 15) is 5.11 Å². The van der Waals surface area contributed by atoms with Gasteiger partial charge in [-0.1, -0.05) is 6.42 Å². The van der Waals surface area contributed by atoms with Gasteiger partial charge in [0.15, 0.2) is 0 Å². The number of nitrogens with zero attached hydrogens (tertiary/aromatic N) is 6. The maximum atomic E-state index is 11.9. The molecule has 9 heteroatoms. The molecule has 0 aromatic carbocycles. The lowest BCUT2D eigenvalue weighted by Crippen LogP contribution is -2.58. The summed E-state index contributed by atoms with van der Waals surface area (Å²) < 4.78 is 10.6. The highest BCUT2D eigenvalue weighted by Gasteiger charge is 2.53. The first kappa shape index (κ1) is 20.7. The van der Waals surface area contributed by atoms with Gasteiger partial charge in [-0.2, -0.15) is 4.98 Å². The van der Waals surface area contributed by atoms with Crippen LogP contribution in [0.15, 0.2) is 18.6 Å². The van der Waals surface area contributed by atoms with Crippen LogP contribution in [0.4, 0.5) is 5.95 Å². The van der Waals surface area contributed by atoms with Gasteiger partial charge in [0.05, 0.1) is 19.8 Å². The molecule has 4 rings (SSSR count). The number of fused-ring (bicyclic) bond motifs is 2. The van der Waals surface area contributed by atoms with Gasteiger partial charge in [0.25, 0.3) is 0 Å². The minimum absolute atomic E-state index is 0.0814. The third-order valence-corrected chi connectivity index (χ3v) is 6.34.